The van der Waals surface area contributed by atoms with Gasteiger partial charge in [-0.15, -0.1) is 0 Å². The van der Waals surface area contributed by atoms with Gasteiger partial charge >= 0.3 is 0 Å². The topological polar surface area (TPSA) is 49.9 Å². The van der Waals surface area contributed by atoms with Crippen LogP contribution in [0, 0.1) is 5.92 Å². The van der Waals surface area contributed by atoms with Gasteiger partial charge in [-0.2, -0.15) is 0 Å². The van der Waals surface area contributed by atoms with E-state index in [0.717, 1.165) is 58.8 Å². The van der Waals surface area contributed by atoms with E-state index in [1.54, 1.807) is 0 Å². The number of benzene rings is 7. The van der Waals surface area contributed by atoms with E-state index in [9.17, 15) is 0 Å². The monoisotopic (exact) mass is 733 g/mol. The first-order chi connectivity index (χ1) is 28.2. The third kappa shape index (κ3) is 6.20. The van der Waals surface area contributed by atoms with Crippen LogP contribution in [0.15, 0.2) is 190 Å². The van der Waals surface area contributed by atoms with Crippen molar-refractivity contribution in [2.45, 2.75) is 25.4 Å². The fourth-order valence-electron chi connectivity index (χ4n) is 8.73. The molecule has 0 amide bonds. The van der Waals surface area contributed by atoms with E-state index in [1.165, 1.54) is 60.9 Å². The third-order valence-electron chi connectivity index (χ3n) is 11.7. The van der Waals surface area contributed by atoms with E-state index < -0.39 is 0 Å². The maximum absolute atomic E-state index is 6.54. The molecule has 0 radical (unpaired) electrons. The maximum Gasteiger partial charge on any atom is 0.147 e. The summed E-state index contributed by atoms with van der Waals surface area (Å²) >= 11 is 0. The van der Waals surface area contributed by atoms with Crippen molar-refractivity contribution >= 4 is 45.1 Å². The van der Waals surface area contributed by atoms with Crippen LogP contribution >= 0.6 is 0 Å². The molecule has 2 atom stereocenters. The molecule has 0 spiro atoms. The van der Waals surface area contributed by atoms with E-state index in [-0.39, 0.29) is 12.1 Å². The van der Waals surface area contributed by atoms with Crippen molar-refractivity contribution in [2.24, 2.45) is 15.9 Å². The molecule has 4 heteroatoms. The lowest BCUT2D eigenvalue weighted by atomic mass is 9.87. The molecule has 2 unspecified atom stereocenters. The highest BCUT2D eigenvalue weighted by Crippen LogP contribution is 2.41. The standard InChI is InChI=1S/C53H39N3O/c1-3-10-34(11-4-1)36-18-20-37(21-19-36)41-28-29-48-47(33-41)50-46(16-9-17-49(50)57-48)42-25-22-38-24-27-44(32-45(38)31-42)53-55-51(39-13-5-2-6-14-39)54-52(56-53)43-26-23-35-12-7-8-15-40(35)30-43/h1-8,10-16,18-29,31-33,43,51H,9,17,30H2,(H,54,55,56). The van der Waals surface area contributed by atoms with Crippen LogP contribution in [0.1, 0.15) is 51.7 Å². The molecule has 3 aliphatic rings. The summed E-state index contributed by atoms with van der Waals surface area (Å²) in [5.41, 5.74) is 14.1. The molecule has 0 fully saturated rings. The number of allylic oxidation sites excluding steroid dienone is 1. The Balaban J connectivity index is 0.941. The van der Waals surface area contributed by atoms with Gasteiger partial charge in [0.25, 0.3) is 0 Å². The van der Waals surface area contributed by atoms with Crippen LogP contribution in [0.5, 0.6) is 0 Å². The number of amidine groups is 2. The van der Waals surface area contributed by atoms with Crippen molar-refractivity contribution in [2.75, 3.05) is 0 Å². The molecule has 4 nitrogen and oxygen atoms in total. The summed E-state index contributed by atoms with van der Waals surface area (Å²) in [4.78, 5) is 10.4. The number of aryl methyl sites for hydroxylation is 1. The second-order valence-corrected chi connectivity index (χ2v) is 15.3. The van der Waals surface area contributed by atoms with Gasteiger partial charge in [-0.05, 0) is 98.0 Å². The van der Waals surface area contributed by atoms with E-state index in [4.69, 9.17) is 14.4 Å². The smallest absolute Gasteiger partial charge is 0.147 e. The number of fused-ring (bicyclic) bond motifs is 5. The maximum atomic E-state index is 6.54. The lowest BCUT2D eigenvalue weighted by Gasteiger charge is -2.27. The molecular formula is C53H39N3O. The van der Waals surface area contributed by atoms with Gasteiger partial charge < -0.3 is 9.73 Å². The molecule has 0 bridgehead atoms. The molecule has 1 N–H and O–H groups in total. The number of nitrogens with one attached hydrogen (secondary N) is 1. The van der Waals surface area contributed by atoms with Crippen molar-refractivity contribution in [1.82, 2.24) is 5.32 Å². The second kappa shape index (κ2) is 13.9. The number of hydrogen-bond acceptors (Lipinski definition) is 4. The average molecular weight is 734 g/mol. The predicted octanol–water partition coefficient (Wildman–Crippen LogP) is 12.6. The Bertz CT molecular complexity index is 2950. The van der Waals surface area contributed by atoms with Crippen LogP contribution in [0.4, 0.5) is 0 Å². The Morgan fingerprint density at radius 2 is 1.28 bits per heavy atom. The molecule has 7 aromatic carbocycles. The first-order valence-electron chi connectivity index (χ1n) is 19.9. The molecule has 2 heterocycles. The minimum Gasteiger partial charge on any atom is -0.460 e. The molecule has 272 valence electrons. The molecule has 57 heavy (non-hydrogen) atoms. The summed E-state index contributed by atoms with van der Waals surface area (Å²) < 4.78 is 6.54. The third-order valence-corrected chi connectivity index (χ3v) is 11.7. The van der Waals surface area contributed by atoms with E-state index in [0.29, 0.717) is 0 Å². The molecule has 0 saturated carbocycles. The van der Waals surface area contributed by atoms with Gasteiger partial charge in [-0.3, -0.25) is 0 Å². The number of nitrogens with zero attached hydrogens (tertiary/aromatic N) is 2. The van der Waals surface area contributed by atoms with Gasteiger partial charge in [-0.1, -0.05) is 158 Å². The summed E-state index contributed by atoms with van der Waals surface area (Å²) in [7, 11) is 0. The molecule has 11 rings (SSSR count). The van der Waals surface area contributed by atoms with E-state index >= 15 is 0 Å². The van der Waals surface area contributed by atoms with Gasteiger partial charge in [0.1, 0.15) is 29.2 Å². The van der Waals surface area contributed by atoms with Crippen LogP contribution in [-0.4, -0.2) is 11.7 Å². The van der Waals surface area contributed by atoms with Crippen molar-refractivity contribution < 1.29 is 4.42 Å². The highest BCUT2D eigenvalue weighted by atomic mass is 16.3. The van der Waals surface area contributed by atoms with E-state index in [1.807, 2.05) is 6.07 Å². The van der Waals surface area contributed by atoms with Gasteiger partial charge in [0.2, 0.25) is 0 Å². The Morgan fingerprint density at radius 3 is 2.12 bits per heavy atom. The van der Waals surface area contributed by atoms with Crippen LogP contribution in [0.3, 0.4) is 0 Å². The zero-order valence-electron chi connectivity index (χ0n) is 31.4. The zero-order chi connectivity index (χ0) is 37.7. The predicted molar refractivity (Wildman–Crippen MR) is 235 cm³/mol. The Kier molecular flexibility index (Phi) is 8.13. The van der Waals surface area contributed by atoms with E-state index in [2.05, 4.69) is 181 Å². The largest absolute Gasteiger partial charge is 0.460 e. The molecular weight excluding hydrogens is 695 g/mol. The highest BCUT2D eigenvalue weighted by molar-refractivity contribution is 6.10. The van der Waals surface area contributed by atoms with Crippen molar-refractivity contribution in [1.29, 1.82) is 0 Å². The lowest BCUT2D eigenvalue weighted by Crippen LogP contribution is -2.35. The van der Waals surface area contributed by atoms with Crippen LogP contribution < -0.4 is 5.32 Å². The fraction of sp³-hybridized carbons (Fsp3) is 0.0943. The molecule has 8 aromatic rings. The summed E-state index contributed by atoms with van der Waals surface area (Å²) in [5, 5.41) is 7.21. The first-order valence-corrected chi connectivity index (χ1v) is 19.9. The minimum atomic E-state index is -0.229. The number of aliphatic imine (C=N–C) groups is 2. The van der Waals surface area contributed by atoms with Gasteiger partial charge in [0.15, 0.2) is 0 Å². The van der Waals surface area contributed by atoms with Gasteiger partial charge in [0, 0.05) is 28.9 Å². The summed E-state index contributed by atoms with van der Waals surface area (Å²) in [5.74, 6) is 2.86. The quantitative estimate of drug-likeness (QED) is 0.185. The first kappa shape index (κ1) is 33.3. The Hall–Kier alpha value is -7.04. The number of furan rings is 1. The number of rotatable bonds is 6. The van der Waals surface area contributed by atoms with Gasteiger partial charge in [-0.25, -0.2) is 9.98 Å². The van der Waals surface area contributed by atoms with Crippen molar-refractivity contribution in [3.8, 4) is 22.3 Å². The summed E-state index contributed by atoms with van der Waals surface area (Å²) in [6.45, 7) is 0. The van der Waals surface area contributed by atoms with Gasteiger partial charge in [0.05, 0.1) is 0 Å². The Labute approximate surface area is 332 Å². The van der Waals surface area contributed by atoms with Crippen molar-refractivity contribution in [3.63, 3.8) is 0 Å². The molecule has 2 aliphatic carbocycles. The SMILES string of the molecule is C1=CC(C2=NC(c3ccccc3)NC(c3ccc4ccc(C5=CCCc6oc7ccc(-c8ccc(-c9ccccc9)cc8)cc7c65)cc4c3)=N2)Cc2ccccc21. The zero-order valence-corrected chi connectivity index (χ0v) is 31.4. The molecule has 1 aromatic heterocycles. The Morgan fingerprint density at radius 1 is 0.596 bits per heavy atom. The number of hydrogen-bond donors (Lipinski definition) is 1. The summed E-state index contributed by atoms with van der Waals surface area (Å²) in [6.07, 6.45) is 9.36. The fourth-order valence-corrected chi connectivity index (χ4v) is 8.73. The summed E-state index contributed by atoms with van der Waals surface area (Å²) in [6, 6.07) is 58.6. The normalized spacial score (nSPS) is 17.3. The van der Waals surface area contributed by atoms with Crippen molar-refractivity contribution in [3.05, 3.63) is 215 Å². The molecule has 0 saturated heterocycles. The molecule has 1 aliphatic heterocycles. The lowest BCUT2D eigenvalue weighted by molar-refractivity contribution is 0.545. The second-order valence-electron chi connectivity index (χ2n) is 15.3. The highest BCUT2D eigenvalue weighted by Gasteiger charge is 2.27. The van der Waals surface area contributed by atoms with Crippen LogP contribution in [0.25, 0.3) is 55.6 Å². The average Bonchev–Trinajstić information content (AvgIpc) is 3.67. The van der Waals surface area contributed by atoms with Crippen LogP contribution in [-0.2, 0) is 12.8 Å². The minimum absolute atomic E-state index is 0.0988. The van der Waals surface area contributed by atoms with Crippen LogP contribution in [0.2, 0.25) is 0 Å².